The van der Waals surface area contributed by atoms with Crippen LogP contribution in [-0.2, 0) is 27.9 Å². The van der Waals surface area contributed by atoms with Crippen LogP contribution in [0.1, 0.15) is 174 Å². The summed E-state index contributed by atoms with van der Waals surface area (Å²) >= 11 is 0. The molecule has 9 heteroatoms. The monoisotopic (exact) mass is 662 g/mol. The van der Waals surface area contributed by atoms with Crippen LogP contribution in [0.4, 0.5) is 0 Å². The molecule has 268 valence electrons. The van der Waals surface area contributed by atoms with E-state index in [1.54, 1.807) is 0 Å². The molecule has 0 fully saturated rings. The molecule has 45 heavy (non-hydrogen) atoms. The molecule has 0 heterocycles. The summed E-state index contributed by atoms with van der Waals surface area (Å²) in [6, 6.07) is 0. The van der Waals surface area contributed by atoms with Gasteiger partial charge in [0.2, 0.25) is 0 Å². The number of phosphoric ester groups is 1. The molecular weight excluding hydrogens is 589 g/mol. The second-order valence-corrected chi connectivity index (χ2v) is 13.9. The summed E-state index contributed by atoms with van der Waals surface area (Å²) in [6.07, 6.45) is 33.6. The first kappa shape index (κ1) is 44.2. The Morgan fingerprint density at radius 1 is 0.644 bits per heavy atom. The standard InChI is InChI=1S/C36H72NO7P/c1-3-5-7-9-11-13-14-15-16-17-18-19-20-21-23-25-27-29-36(38)44-35(34-43-45(39,40)42-32-30-37)33-41-31-28-26-24-22-12-10-8-6-4-2/h15-16,35H,3-14,17-34,37H2,1-2H3,(H,39,40)/b16-15-. The van der Waals surface area contributed by atoms with Crippen LogP contribution in [0.15, 0.2) is 12.2 Å². The van der Waals surface area contributed by atoms with Crippen molar-refractivity contribution in [2.45, 2.75) is 180 Å². The lowest BCUT2D eigenvalue weighted by Gasteiger charge is -2.20. The van der Waals surface area contributed by atoms with Gasteiger partial charge in [0.15, 0.2) is 0 Å². The highest BCUT2D eigenvalue weighted by atomic mass is 31.2. The van der Waals surface area contributed by atoms with Crippen molar-refractivity contribution in [3.05, 3.63) is 12.2 Å². The van der Waals surface area contributed by atoms with Gasteiger partial charge >= 0.3 is 13.8 Å². The van der Waals surface area contributed by atoms with Crippen LogP contribution >= 0.6 is 7.82 Å². The quantitative estimate of drug-likeness (QED) is 0.0295. The molecule has 2 atom stereocenters. The van der Waals surface area contributed by atoms with Crippen LogP contribution in [0.25, 0.3) is 0 Å². The molecule has 0 aliphatic carbocycles. The van der Waals surface area contributed by atoms with Crippen molar-refractivity contribution < 1.29 is 32.8 Å². The van der Waals surface area contributed by atoms with E-state index in [1.165, 1.54) is 122 Å². The fraction of sp³-hybridized carbons (Fsp3) is 0.917. The van der Waals surface area contributed by atoms with Crippen LogP contribution in [-0.4, -0.2) is 49.9 Å². The van der Waals surface area contributed by atoms with Gasteiger partial charge in [-0.25, -0.2) is 4.57 Å². The van der Waals surface area contributed by atoms with E-state index in [9.17, 15) is 14.3 Å². The lowest BCUT2D eigenvalue weighted by molar-refractivity contribution is -0.154. The average Bonchev–Trinajstić information content (AvgIpc) is 3.02. The fourth-order valence-electron chi connectivity index (χ4n) is 5.17. The highest BCUT2D eigenvalue weighted by molar-refractivity contribution is 7.47. The van der Waals surface area contributed by atoms with Crippen molar-refractivity contribution in [3.63, 3.8) is 0 Å². The third-order valence-corrected chi connectivity index (χ3v) is 8.92. The van der Waals surface area contributed by atoms with Gasteiger partial charge in [0, 0.05) is 19.6 Å². The maximum Gasteiger partial charge on any atom is 0.472 e. The number of rotatable bonds is 36. The Kier molecular flexibility index (Phi) is 34.0. The predicted octanol–water partition coefficient (Wildman–Crippen LogP) is 10.4. The first-order chi connectivity index (χ1) is 21.9. The van der Waals surface area contributed by atoms with E-state index >= 15 is 0 Å². The number of hydrogen-bond acceptors (Lipinski definition) is 7. The Labute approximate surface area is 277 Å². The summed E-state index contributed by atoms with van der Waals surface area (Å²) in [5.74, 6) is -0.335. The van der Waals surface area contributed by atoms with Gasteiger partial charge in [-0.15, -0.1) is 0 Å². The first-order valence-corrected chi connectivity index (χ1v) is 20.2. The highest BCUT2D eigenvalue weighted by Gasteiger charge is 2.25. The van der Waals surface area contributed by atoms with Gasteiger partial charge < -0.3 is 20.1 Å². The van der Waals surface area contributed by atoms with E-state index < -0.39 is 13.9 Å². The first-order valence-electron chi connectivity index (χ1n) is 18.7. The molecule has 0 bridgehead atoms. The molecule has 0 aliphatic heterocycles. The number of unbranched alkanes of at least 4 members (excludes halogenated alkanes) is 21. The van der Waals surface area contributed by atoms with E-state index in [0.29, 0.717) is 13.0 Å². The topological polar surface area (TPSA) is 117 Å². The Hall–Kier alpha value is -0.760. The summed E-state index contributed by atoms with van der Waals surface area (Å²) < 4.78 is 33.2. The van der Waals surface area contributed by atoms with E-state index in [1.807, 2.05) is 0 Å². The van der Waals surface area contributed by atoms with Gasteiger partial charge in [0.1, 0.15) is 6.10 Å². The molecule has 0 saturated heterocycles. The van der Waals surface area contributed by atoms with E-state index in [2.05, 4.69) is 26.0 Å². The molecule has 0 aromatic heterocycles. The van der Waals surface area contributed by atoms with Crippen molar-refractivity contribution in [1.29, 1.82) is 0 Å². The highest BCUT2D eigenvalue weighted by Crippen LogP contribution is 2.43. The maximum absolute atomic E-state index is 12.5. The zero-order chi connectivity index (χ0) is 33.1. The van der Waals surface area contributed by atoms with E-state index in [-0.39, 0.29) is 32.3 Å². The lowest BCUT2D eigenvalue weighted by Crippen LogP contribution is -2.28. The van der Waals surface area contributed by atoms with Gasteiger partial charge in [-0.2, -0.15) is 0 Å². The second-order valence-electron chi connectivity index (χ2n) is 12.4. The van der Waals surface area contributed by atoms with Gasteiger partial charge in [-0.1, -0.05) is 142 Å². The lowest BCUT2D eigenvalue weighted by atomic mass is 10.1. The number of hydrogen-bond donors (Lipinski definition) is 2. The number of allylic oxidation sites excluding steroid dienone is 2. The summed E-state index contributed by atoms with van der Waals surface area (Å²) in [5.41, 5.74) is 5.34. The molecule has 8 nitrogen and oxygen atoms in total. The predicted molar refractivity (Wildman–Crippen MR) is 187 cm³/mol. The molecule has 0 amide bonds. The normalized spacial score (nSPS) is 13.8. The summed E-state index contributed by atoms with van der Waals surface area (Å²) in [5, 5.41) is 0. The minimum Gasteiger partial charge on any atom is -0.457 e. The minimum atomic E-state index is -4.26. The van der Waals surface area contributed by atoms with Gasteiger partial charge in [-0.05, 0) is 38.5 Å². The number of phosphoric acid groups is 1. The molecule has 3 N–H and O–H groups in total. The third kappa shape index (κ3) is 34.4. The van der Waals surface area contributed by atoms with Crippen LogP contribution in [0.5, 0.6) is 0 Å². The molecule has 0 aromatic carbocycles. The molecule has 0 aliphatic rings. The Balaban J connectivity index is 4.04. The fourth-order valence-corrected chi connectivity index (χ4v) is 5.93. The zero-order valence-corrected chi connectivity index (χ0v) is 30.3. The Morgan fingerprint density at radius 2 is 1.11 bits per heavy atom. The SMILES string of the molecule is CCCCCCCC/C=C\CCCCCCCCCC(=O)OC(COCCCCCCCCCCC)COP(=O)(O)OCCN. The van der Waals surface area contributed by atoms with Crippen molar-refractivity contribution in [2.75, 3.05) is 33.0 Å². The second kappa shape index (κ2) is 34.6. The van der Waals surface area contributed by atoms with Crippen LogP contribution in [0, 0.1) is 0 Å². The zero-order valence-electron chi connectivity index (χ0n) is 29.4. The molecule has 0 spiro atoms. The molecule has 0 saturated carbocycles. The van der Waals surface area contributed by atoms with E-state index in [0.717, 1.165) is 32.1 Å². The van der Waals surface area contributed by atoms with E-state index in [4.69, 9.17) is 24.3 Å². The molecule has 0 aromatic rings. The number of esters is 1. The number of ether oxygens (including phenoxy) is 2. The summed E-state index contributed by atoms with van der Waals surface area (Å²) in [4.78, 5) is 22.3. The number of nitrogens with two attached hydrogens (primary N) is 1. The summed E-state index contributed by atoms with van der Waals surface area (Å²) in [6.45, 7) is 4.91. The smallest absolute Gasteiger partial charge is 0.457 e. The largest absolute Gasteiger partial charge is 0.472 e. The van der Waals surface area contributed by atoms with Crippen LogP contribution in [0.2, 0.25) is 0 Å². The molecule has 0 rings (SSSR count). The van der Waals surface area contributed by atoms with Crippen molar-refractivity contribution >= 4 is 13.8 Å². The Morgan fingerprint density at radius 3 is 1.62 bits per heavy atom. The van der Waals surface area contributed by atoms with Crippen LogP contribution < -0.4 is 5.73 Å². The molecule has 0 radical (unpaired) electrons. The Bertz CT molecular complexity index is 707. The number of carbonyl (C=O) groups excluding carboxylic acids is 1. The van der Waals surface area contributed by atoms with Crippen LogP contribution in [0.3, 0.4) is 0 Å². The maximum atomic E-state index is 12.5. The van der Waals surface area contributed by atoms with Crippen molar-refractivity contribution in [3.8, 4) is 0 Å². The van der Waals surface area contributed by atoms with Crippen molar-refractivity contribution in [1.82, 2.24) is 0 Å². The van der Waals surface area contributed by atoms with Gasteiger partial charge in [0.25, 0.3) is 0 Å². The summed E-state index contributed by atoms with van der Waals surface area (Å²) in [7, 11) is -4.26. The molecular formula is C36H72NO7P. The average molecular weight is 662 g/mol. The van der Waals surface area contributed by atoms with Gasteiger partial charge in [-0.3, -0.25) is 13.8 Å². The molecule has 2 unspecified atom stereocenters. The van der Waals surface area contributed by atoms with Crippen molar-refractivity contribution in [2.24, 2.45) is 5.73 Å². The minimum absolute atomic E-state index is 0.0936. The van der Waals surface area contributed by atoms with Gasteiger partial charge in [0.05, 0.1) is 19.8 Å². The number of carbonyl (C=O) groups is 1. The third-order valence-electron chi connectivity index (χ3n) is 7.93.